The van der Waals surface area contributed by atoms with E-state index in [1.165, 1.54) is 0 Å². The number of nitrogens with one attached hydrogen (secondary N) is 1. The van der Waals surface area contributed by atoms with Crippen molar-refractivity contribution in [3.63, 3.8) is 0 Å². The second kappa shape index (κ2) is 7.59. The molecule has 0 aliphatic carbocycles. The van der Waals surface area contributed by atoms with Gasteiger partial charge in [-0.25, -0.2) is 0 Å². The van der Waals surface area contributed by atoms with E-state index in [9.17, 15) is 4.79 Å². The van der Waals surface area contributed by atoms with Gasteiger partial charge in [0.1, 0.15) is 0 Å². The minimum atomic E-state index is -0.143. The Kier molecular flexibility index (Phi) is 5.79. The normalized spacial score (nSPS) is 19.8. The van der Waals surface area contributed by atoms with E-state index in [0.717, 1.165) is 6.54 Å². The minimum absolute atomic E-state index is 0.0162. The monoisotopic (exact) mass is 298 g/mol. The molecule has 1 aliphatic heterocycles. The molecule has 1 amide bonds. The molecular weight excluding hydrogens is 280 g/mol. The van der Waals surface area contributed by atoms with Crippen molar-refractivity contribution in [2.45, 2.75) is 12.5 Å². The lowest BCUT2D eigenvalue weighted by Gasteiger charge is -2.31. The number of para-hydroxylation sites is 1. The molecule has 110 valence electrons. The number of ether oxygens (including phenoxy) is 1. The molecule has 0 radical (unpaired) electrons. The molecule has 1 saturated heterocycles. The van der Waals surface area contributed by atoms with Crippen LogP contribution in [0.3, 0.4) is 0 Å². The minimum Gasteiger partial charge on any atom is -0.394 e. The van der Waals surface area contributed by atoms with Gasteiger partial charge in [-0.1, -0.05) is 23.7 Å². The molecule has 0 aromatic heterocycles. The fourth-order valence-corrected chi connectivity index (χ4v) is 2.31. The summed E-state index contributed by atoms with van der Waals surface area (Å²) in [6, 6.07) is 7.16. The van der Waals surface area contributed by atoms with Crippen molar-refractivity contribution in [1.82, 2.24) is 4.90 Å². The van der Waals surface area contributed by atoms with Crippen molar-refractivity contribution < 1.29 is 14.6 Å². The predicted octanol–water partition coefficient (Wildman–Crippen LogP) is 1.36. The van der Waals surface area contributed by atoms with Gasteiger partial charge in [0.2, 0.25) is 5.91 Å². The largest absolute Gasteiger partial charge is 0.394 e. The number of rotatable bonds is 5. The van der Waals surface area contributed by atoms with Crippen LogP contribution in [0, 0.1) is 0 Å². The molecule has 1 unspecified atom stereocenters. The molecule has 20 heavy (non-hydrogen) atoms. The number of amides is 1. The molecule has 0 bridgehead atoms. The fourth-order valence-electron chi connectivity index (χ4n) is 2.13. The predicted molar refractivity (Wildman–Crippen MR) is 78.0 cm³/mol. The molecule has 1 aliphatic rings. The number of hydrogen-bond donors (Lipinski definition) is 2. The Bertz CT molecular complexity index is 456. The summed E-state index contributed by atoms with van der Waals surface area (Å²) in [6.45, 7) is 2.71. The van der Waals surface area contributed by atoms with Gasteiger partial charge in [-0.2, -0.15) is 0 Å². The summed E-state index contributed by atoms with van der Waals surface area (Å²) in [5.74, 6) is -0.0647. The average Bonchev–Trinajstić information content (AvgIpc) is 2.48. The molecule has 5 nitrogen and oxygen atoms in total. The van der Waals surface area contributed by atoms with Gasteiger partial charge in [0.15, 0.2) is 0 Å². The quantitative estimate of drug-likeness (QED) is 0.862. The van der Waals surface area contributed by atoms with Crippen LogP contribution < -0.4 is 5.32 Å². The van der Waals surface area contributed by atoms with Crippen molar-refractivity contribution in [2.24, 2.45) is 0 Å². The molecule has 1 atom stereocenters. The van der Waals surface area contributed by atoms with E-state index in [1.54, 1.807) is 12.1 Å². The number of halogens is 1. The highest BCUT2D eigenvalue weighted by Gasteiger charge is 2.20. The Labute approximate surface area is 123 Å². The van der Waals surface area contributed by atoms with Crippen molar-refractivity contribution in [2.75, 3.05) is 38.2 Å². The van der Waals surface area contributed by atoms with E-state index in [-0.39, 0.29) is 18.6 Å². The van der Waals surface area contributed by atoms with Crippen LogP contribution in [-0.2, 0) is 9.53 Å². The molecule has 1 aromatic rings. The molecule has 2 rings (SSSR count). The Morgan fingerprint density at radius 1 is 1.50 bits per heavy atom. The van der Waals surface area contributed by atoms with Gasteiger partial charge in [0.25, 0.3) is 0 Å². The zero-order valence-electron chi connectivity index (χ0n) is 11.2. The van der Waals surface area contributed by atoms with E-state index < -0.39 is 0 Å². The van der Waals surface area contributed by atoms with E-state index >= 15 is 0 Å². The maximum absolute atomic E-state index is 11.9. The molecule has 1 aromatic carbocycles. The smallest absolute Gasteiger partial charge is 0.225 e. The Hall–Kier alpha value is -1.14. The third-order valence-electron chi connectivity index (χ3n) is 3.23. The van der Waals surface area contributed by atoms with Gasteiger partial charge in [0, 0.05) is 26.1 Å². The SMILES string of the molecule is O=C(CCN1CCOC(CO)C1)Nc1ccccc1Cl. The number of morpholine rings is 1. The van der Waals surface area contributed by atoms with Crippen LogP contribution in [0.1, 0.15) is 6.42 Å². The highest BCUT2D eigenvalue weighted by molar-refractivity contribution is 6.33. The highest BCUT2D eigenvalue weighted by Crippen LogP contribution is 2.20. The number of hydrogen-bond acceptors (Lipinski definition) is 4. The summed E-state index contributed by atoms with van der Waals surface area (Å²) >= 11 is 5.99. The summed E-state index contributed by atoms with van der Waals surface area (Å²) in [7, 11) is 0. The van der Waals surface area contributed by atoms with Gasteiger partial charge in [-0.3, -0.25) is 9.69 Å². The first-order chi connectivity index (χ1) is 9.69. The second-order valence-electron chi connectivity index (χ2n) is 4.75. The highest BCUT2D eigenvalue weighted by atomic mass is 35.5. The molecule has 0 saturated carbocycles. The first-order valence-corrected chi connectivity index (χ1v) is 7.06. The molecule has 6 heteroatoms. The Morgan fingerprint density at radius 2 is 2.30 bits per heavy atom. The van der Waals surface area contributed by atoms with E-state index in [0.29, 0.717) is 36.8 Å². The molecular formula is C14H19ClN2O3. The topological polar surface area (TPSA) is 61.8 Å². The number of nitrogens with zero attached hydrogens (tertiary/aromatic N) is 1. The summed E-state index contributed by atoms with van der Waals surface area (Å²) < 4.78 is 5.37. The number of aliphatic hydroxyl groups is 1. The maximum atomic E-state index is 11.9. The first kappa shape index (κ1) is 15.3. The van der Waals surface area contributed by atoms with Gasteiger partial charge >= 0.3 is 0 Å². The lowest BCUT2D eigenvalue weighted by molar-refractivity contribution is -0.117. The fraction of sp³-hybridized carbons (Fsp3) is 0.500. The molecule has 2 N–H and O–H groups in total. The van der Waals surface area contributed by atoms with Crippen LogP contribution in [0.25, 0.3) is 0 Å². The van der Waals surface area contributed by atoms with Crippen LogP contribution in [0.15, 0.2) is 24.3 Å². The van der Waals surface area contributed by atoms with Gasteiger partial charge in [0.05, 0.1) is 30.0 Å². The van der Waals surface area contributed by atoms with Gasteiger partial charge in [-0.15, -0.1) is 0 Å². The van der Waals surface area contributed by atoms with Crippen LogP contribution >= 0.6 is 11.6 Å². The lowest BCUT2D eigenvalue weighted by atomic mass is 10.2. The zero-order chi connectivity index (χ0) is 14.4. The maximum Gasteiger partial charge on any atom is 0.225 e. The zero-order valence-corrected chi connectivity index (χ0v) is 12.0. The van der Waals surface area contributed by atoms with Crippen molar-refractivity contribution in [1.29, 1.82) is 0 Å². The van der Waals surface area contributed by atoms with Crippen LogP contribution in [0.4, 0.5) is 5.69 Å². The third-order valence-corrected chi connectivity index (χ3v) is 3.56. The standard InChI is InChI=1S/C14H19ClN2O3/c15-12-3-1-2-4-13(12)16-14(19)5-6-17-7-8-20-11(9-17)10-18/h1-4,11,18H,5-10H2,(H,16,19). The molecule has 0 spiro atoms. The Balaban J connectivity index is 1.76. The van der Waals surface area contributed by atoms with Gasteiger partial charge < -0.3 is 15.2 Å². The third kappa shape index (κ3) is 4.45. The number of benzene rings is 1. The lowest BCUT2D eigenvalue weighted by Crippen LogP contribution is -2.44. The van der Waals surface area contributed by atoms with Crippen LogP contribution in [0.5, 0.6) is 0 Å². The van der Waals surface area contributed by atoms with Gasteiger partial charge in [-0.05, 0) is 12.1 Å². The number of carbonyl (C=O) groups is 1. The van der Waals surface area contributed by atoms with E-state index in [4.69, 9.17) is 21.4 Å². The van der Waals surface area contributed by atoms with Crippen LogP contribution in [0.2, 0.25) is 5.02 Å². The summed E-state index contributed by atoms with van der Waals surface area (Å²) in [4.78, 5) is 14.0. The van der Waals surface area contributed by atoms with E-state index in [1.807, 2.05) is 12.1 Å². The molecule has 1 heterocycles. The number of aliphatic hydroxyl groups excluding tert-OH is 1. The summed E-state index contributed by atoms with van der Waals surface area (Å²) in [5, 5.41) is 12.4. The number of anilines is 1. The Morgan fingerprint density at radius 3 is 3.05 bits per heavy atom. The average molecular weight is 299 g/mol. The van der Waals surface area contributed by atoms with Crippen LogP contribution in [-0.4, -0.2) is 54.9 Å². The summed E-state index contributed by atoms with van der Waals surface area (Å²) in [5.41, 5.74) is 0.634. The second-order valence-corrected chi connectivity index (χ2v) is 5.16. The van der Waals surface area contributed by atoms with E-state index in [2.05, 4.69) is 10.2 Å². The summed E-state index contributed by atoms with van der Waals surface area (Å²) in [6.07, 6.45) is 0.249. The van der Waals surface area contributed by atoms with Crippen molar-refractivity contribution in [3.05, 3.63) is 29.3 Å². The van der Waals surface area contributed by atoms with Crippen molar-refractivity contribution in [3.8, 4) is 0 Å². The first-order valence-electron chi connectivity index (χ1n) is 6.68. The van der Waals surface area contributed by atoms with Crippen molar-refractivity contribution >= 4 is 23.2 Å². The number of carbonyl (C=O) groups excluding carboxylic acids is 1. The molecule has 1 fully saturated rings.